The second-order valence-electron chi connectivity index (χ2n) is 8.17. The zero-order chi connectivity index (χ0) is 22.2. The lowest BCUT2D eigenvalue weighted by Gasteiger charge is -2.31. The van der Waals surface area contributed by atoms with Crippen LogP contribution in [0, 0.1) is 26.6 Å². The summed E-state index contributed by atoms with van der Waals surface area (Å²) in [5.74, 6) is 0.0525. The Morgan fingerprint density at radius 2 is 1.97 bits per heavy atom. The first-order valence-electron chi connectivity index (χ1n) is 10.4. The van der Waals surface area contributed by atoms with E-state index in [4.69, 9.17) is 4.52 Å². The summed E-state index contributed by atoms with van der Waals surface area (Å²) in [6.45, 7) is 5.97. The van der Waals surface area contributed by atoms with E-state index >= 15 is 0 Å². The molecule has 0 amide bonds. The first kappa shape index (κ1) is 21.6. The van der Waals surface area contributed by atoms with Crippen LogP contribution in [-0.4, -0.2) is 36.0 Å². The molecule has 1 aliphatic rings. The highest BCUT2D eigenvalue weighted by Gasteiger charge is 2.35. The van der Waals surface area contributed by atoms with Crippen molar-refractivity contribution in [2.45, 2.75) is 50.8 Å². The van der Waals surface area contributed by atoms with E-state index in [1.165, 1.54) is 10.4 Å². The normalized spacial score (nSPS) is 17.7. The lowest BCUT2D eigenvalue weighted by atomic mass is 9.93. The third-order valence-electron chi connectivity index (χ3n) is 5.75. The van der Waals surface area contributed by atoms with E-state index in [0.29, 0.717) is 36.5 Å². The highest BCUT2D eigenvalue weighted by atomic mass is 32.2. The number of hydrogen-bond acceptors (Lipinski definition) is 5. The maximum Gasteiger partial charge on any atom is 0.248 e. The predicted octanol–water partition coefficient (Wildman–Crippen LogP) is 4.29. The number of rotatable bonds is 5. The molecule has 4 rings (SSSR count). The molecule has 0 bridgehead atoms. The quantitative estimate of drug-likeness (QED) is 0.588. The highest BCUT2D eigenvalue weighted by Crippen LogP contribution is 2.32. The zero-order valence-corrected chi connectivity index (χ0v) is 18.7. The summed E-state index contributed by atoms with van der Waals surface area (Å²) in [7, 11) is -3.70. The fourth-order valence-electron chi connectivity index (χ4n) is 4.32. The maximum absolute atomic E-state index is 14.1. The van der Waals surface area contributed by atoms with Gasteiger partial charge in [0.25, 0.3) is 0 Å². The van der Waals surface area contributed by atoms with Gasteiger partial charge in [-0.25, -0.2) is 12.8 Å². The first-order chi connectivity index (χ1) is 14.8. The molecule has 0 N–H and O–H groups in total. The average Bonchev–Trinajstić information content (AvgIpc) is 3.08. The Hall–Kier alpha value is -2.58. The molecule has 164 valence electrons. The molecule has 8 heteroatoms. The lowest BCUT2D eigenvalue weighted by Crippen LogP contribution is -2.39. The second kappa shape index (κ2) is 8.51. The number of halogens is 1. The van der Waals surface area contributed by atoms with Crippen molar-refractivity contribution in [3.8, 4) is 0 Å². The molecule has 3 aromatic rings. The number of sulfonamides is 1. The van der Waals surface area contributed by atoms with Gasteiger partial charge in [-0.3, -0.25) is 4.98 Å². The van der Waals surface area contributed by atoms with Gasteiger partial charge in [-0.2, -0.15) is 4.31 Å². The largest absolute Gasteiger partial charge is 0.360 e. The van der Waals surface area contributed by atoms with E-state index in [0.717, 1.165) is 29.8 Å². The molecule has 6 nitrogen and oxygen atoms in total. The molecule has 3 heterocycles. The van der Waals surface area contributed by atoms with E-state index in [1.807, 2.05) is 25.1 Å². The number of nitrogens with zero attached hydrogens (tertiary/aromatic N) is 3. The van der Waals surface area contributed by atoms with Gasteiger partial charge in [0.1, 0.15) is 16.4 Å². The van der Waals surface area contributed by atoms with E-state index in [9.17, 15) is 12.8 Å². The molecule has 0 saturated carbocycles. The van der Waals surface area contributed by atoms with E-state index < -0.39 is 10.0 Å². The number of aromatic nitrogens is 2. The standard InChI is InChI=1S/C23H26FN3O3S/c1-15-11-18(12-19-7-4-5-9-21(19)24)13-22(25-15)20-8-6-10-27(14-20)31(28,29)23-16(2)26-30-17(23)3/h4-5,7,9,11,13,20H,6,8,10,12,14H2,1-3H3. The minimum absolute atomic E-state index is 0.0248. The molecule has 1 aliphatic heterocycles. The van der Waals surface area contributed by atoms with Crippen molar-refractivity contribution in [1.29, 1.82) is 0 Å². The fraction of sp³-hybridized carbons (Fsp3) is 0.391. The van der Waals surface area contributed by atoms with Gasteiger partial charge in [-0.1, -0.05) is 23.4 Å². The van der Waals surface area contributed by atoms with Crippen LogP contribution >= 0.6 is 0 Å². The van der Waals surface area contributed by atoms with Crippen LogP contribution in [-0.2, 0) is 16.4 Å². The summed E-state index contributed by atoms with van der Waals surface area (Å²) in [6.07, 6.45) is 2.06. The van der Waals surface area contributed by atoms with Gasteiger partial charge in [0.05, 0.1) is 0 Å². The van der Waals surface area contributed by atoms with Gasteiger partial charge in [0.2, 0.25) is 10.0 Å². The average molecular weight is 444 g/mol. The van der Waals surface area contributed by atoms with Gasteiger partial charge in [0.15, 0.2) is 5.76 Å². The summed E-state index contributed by atoms with van der Waals surface area (Å²) >= 11 is 0. The van der Waals surface area contributed by atoms with Crippen LogP contribution in [0.2, 0.25) is 0 Å². The van der Waals surface area contributed by atoms with Crippen molar-refractivity contribution in [1.82, 2.24) is 14.4 Å². The lowest BCUT2D eigenvalue weighted by molar-refractivity contribution is 0.311. The van der Waals surface area contributed by atoms with Crippen LogP contribution in [0.1, 0.15) is 52.7 Å². The molecular weight excluding hydrogens is 417 g/mol. The van der Waals surface area contributed by atoms with Gasteiger partial charge >= 0.3 is 0 Å². The van der Waals surface area contributed by atoms with Crippen molar-refractivity contribution in [2.75, 3.05) is 13.1 Å². The zero-order valence-electron chi connectivity index (χ0n) is 17.9. The Labute approximate surface area is 182 Å². The maximum atomic E-state index is 14.1. The molecular formula is C23H26FN3O3S. The van der Waals surface area contributed by atoms with Crippen LogP contribution in [0.15, 0.2) is 45.8 Å². The summed E-state index contributed by atoms with van der Waals surface area (Å²) in [5, 5.41) is 3.80. The van der Waals surface area contributed by atoms with Gasteiger partial charge in [-0.15, -0.1) is 0 Å². The molecule has 2 aromatic heterocycles. The summed E-state index contributed by atoms with van der Waals surface area (Å²) in [6, 6.07) is 10.7. The van der Waals surface area contributed by atoms with E-state index in [-0.39, 0.29) is 16.6 Å². The highest BCUT2D eigenvalue weighted by molar-refractivity contribution is 7.89. The van der Waals surface area contributed by atoms with Crippen molar-refractivity contribution in [3.05, 3.63) is 76.2 Å². The second-order valence-corrected chi connectivity index (χ2v) is 10.0. The minimum Gasteiger partial charge on any atom is -0.360 e. The minimum atomic E-state index is -3.70. The Balaban J connectivity index is 1.60. The SMILES string of the molecule is Cc1cc(Cc2ccccc2F)cc(C2CCCN(S(=O)(=O)c3c(C)noc3C)C2)n1. The predicted molar refractivity (Wildman–Crippen MR) is 115 cm³/mol. The Morgan fingerprint density at radius 1 is 1.19 bits per heavy atom. The number of benzene rings is 1. The number of hydrogen-bond donors (Lipinski definition) is 0. The van der Waals surface area contributed by atoms with Crippen LogP contribution in [0.4, 0.5) is 4.39 Å². The molecule has 1 atom stereocenters. The summed E-state index contributed by atoms with van der Waals surface area (Å²) in [5.41, 5.74) is 3.67. The number of aryl methyl sites for hydroxylation is 3. The van der Waals surface area contributed by atoms with Crippen LogP contribution in [0.5, 0.6) is 0 Å². The molecule has 1 fully saturated rings. The fourth-order valence-corrected chi connectivity index (χ4v) is 6.13. The third-order valence-corrected chi connectivity index (χ3v) is 7.86. The van der Waals surface area contributed by atoms with Crippen LogP contribution in [0.3, 0.4) is 0 Å². The first-order valence-corrected chi connectivity index (χ1v) is 11.8. The smallest absolute Gasteiger partial charge is 0.248 e. The van der Waals surface area contributed by atoms with Crippen LogP contribution < -0.4 is 0 Å². The molecule has 1 saturated heterocycles. The number of piperidine rings is 1. The Bertz CT molecular complexity index is 1190. The number of pyridine rings is 1. The van der Waals surface area contributed by atoms with Gasteiger partial charge in [0, 0.05) is 36.8 Å². The summed E-state index contributed by atoms with van der Waals surface area (Å²) in [4.78, 5) is 4.85. The van der Waals surface area contributed by atoms with E-state index in [1.54, 1.807) is 26.0 Å². The van der Waals surface area contributed by atoms with Gasteiger partial charge < -0.3 is 4.52 Å². The van der Waals surface area contributed by atoms with E-state index in [2.05, 4.69) is 10.1 Å². The van der Waals surface area contributed by atoms with Crippen molar-refractivity contribution < 1.29 is 17.3 Å². The third kappa shape index (κ3) is 4.41. The molecule has 0 spiro atoms. The monoisotopic (exact) mass is 443 g/mol. The molecule has 1 unspecified atom stereocenters. The van der Waals surface area contributed by atoms with Crippen molar-refractivity contribution in [2.24, 2.45) is 0 Å². The summed E-state index contributed by atoms with van der Waals surface area (Å²) < 4.78 is 47.2. The Morgan fingerprint density at radius 3 is 2.68 bits per heavy atom. The van der Waals surface area contributed by atoms with Gasteiger partial charge in [-0.05, 0) is 62.9 Å². The molecule has 0 radical (unpaired) electrons. The molecule has 31 heavy (non-hydrogen) atoms. The Kier molecular flexibility index (Phi) is 5.94. The van der Waals surface area contributed by atoms with Crippen molar-refractivity contribution in [3.63, 3.8) is 0 Å². The molecule has 1 aromatic carbocycles. The van der Waals surface area contributed by atoms with Crippen LogP contribution in [0.25, 0.3) is 0 Å². The van der Waals surface area contributed by atoms with Crippen molar-refractivity contribution >= 4 is 10.0 Å². The molecule has 0 aliphatic carbocycles. The topological polar surface area (TPSA) is 76.3 Å².